The van der Waals surface area contributed by atoms with E-state index in [1.165, 1.54) is 18.2 Å². The highest BCUT2D eigenvalue weighted by molar-refractivity contribution is 7.98. The quantitative estimate of drug-likeness (QED) is 0.704. The predicted molar refractivity (Wildman–Crippen MR) is 69.7 cm³/mol. The number of para-hydroxylation sites is 1. The van der Waals surface area contributed by atoms with Gasteiger partial charge in [0, 0.05) is 11.8 Å². The average molecular weight is 255 g/mol. The Morgan fingerprint density at radius 3 is 2.76 bits per heavy atom. The van der Waals surface area contributed by atoms with E-state index < -0.39 is 0 Å². The molecular formula is C12H17NO3S. The Morgan fingerprint density at radius 1 is 1.47 bits per heavy atom. The first-order valence-electron chi connectivity index (χ1n) is 5.40. The van der Waals surface area contributed by atoms with E-state index in [1.807, 2.05) is 13.2 Å². The second-order valence-corrected chi connectivity index (χ2v) is 4.62. The molecule has 17 heavy (non-hydrogen) atoms. The minimum Gasteiger partial charge on any atom is -0.504 e. The van der Waals surface area contributed by atoms with Crippen LogP contribution in [0.5, 0.6) is 11.5 Å². The van der Waals surface area contributed by atoms with Crippen LogP contribution < -0.4 is 5.32 Å². The molecule has 5 heteroatoms. The Bertz CT molecular complexity index is 395. The zero-order valence-electron chi connectivity index (χ0n) is 9.93. The number of rotatable bonds is 5. The van der Waals surface area contributed by atoms with Crippen LogP contribution in [0, 0.1) is 0 Å². The number of hydrogen-bond acceptors (Lipinski definition) is 4. The van der Waals surface area contributed by atoms with Crippen molar-refractivity contribution in [2.45, 2.75) is 19.4 Å². The second kappa shape index (κ2) is 6.39. The molecule has 0 saturated carbocycles. The molecule has 1 aromatic rings. The van der Waals surface area contributed by atoms with Gasteiger partial charge in [-0.25, -0.2) is 0 Å². The second-order valence-electron chi connectivity index (χ2n) is 3.71. The Morgan fingerprint density at radius 2 is 2.18 bits per heavy atom. The minimum absolute atomic E-state index is 0.0687. The molecule has 1 atom stereocenters. The highest BCUT2D eigenvalue weighted by Crippen LogP contribution is 2.28. The van der Waals surface area contributed by atoms with E-state index in [0.29, 0.717) is 0 Å². The molecule has 94 valence electrons. The van der Waals surface area contributed by atoms with E-state index in [0.717, 1.165) is 12.2 Å². The van der Waals surface area contributed by atoms with Crippen LogP contribution in [-0.2, 0) is 0 Å². The topological polar surface area (TPSA) is 69.6 Å². The third-order valence-corrected chi connectivity index (χ3v) is 3.19. The maximum atomic E-state index is 11.9. The summed E-state index contributed by atoms with van der Waals surface area (Å²) >= 11 is 1.65. The average Bonchev–Trinajstić information content (AvgIpc) is 2.31. The number of phenolic OH excluding ortho intramolecular Hbond substituents is 2. The number of amides is 1. The van der Waals surface area contributed by atoms with Crippen LogP contribution in [0.15, 0.2) is 18.2 Å². The van der Waals surface area contributed by atoms with E-state index in [2.05, 4.69) is 5.32 Å². The smallest absolute Gasteiger partial charge is 0.255 e. The maximum Gasteiger partial charge on any atom is 0.255 e. The van der Waals surface area contributed by atoms with Gasteiger partial charge in [-0.1, -0.05) is 13.0 Å². The van der Waals surface area contributed by atoms with Gasteiger partial charge < -0.3 is 15.5 Å². The van der Waals surface area contributed by atoms with Crippen LogP contribution >= 0.6 is 11.8 Å². The summed E-state index contributed by atoms with van der Waals surface area (Å²) in [6, 6.07) is 4.42. The normalized spacial score (nSPS) is 12.1. The van der Waals surface area contributed by atoms with E-state index in [1.54, 1.807) is 11.8 Å². The highest BCUT2D eigenvalue weighted by atomic mass is 32.2. The summed E-state index contributed by atoms with van der Waals surface area (Å²) < 4.78 is 0. The summed E-state index contributed by atoms with van der Waals surface area (Å²) in [4.78, 5) is 11.9. The number of benzene rings is 1. The van der Waals surface area contributed by atoms with Gasteiger partial charge >= 0.3 is 0 Å². The van der Waals surface area contributed by atoms with Crippen LogP contribution in [0.25, 0.3) is 0 Å². The first-order valence-corrected chi connectivity index (χ1v) is 6.80. The van der Waals surface area contributed by atoms with Crippen molar-refractivity contribution < 1.29 is 15.0 Å². The third kappa shape index (κ3) is 3.56. The molecule has 0 spiro atoms. The first-order chi connectivity index (χ1) is 8.10. The standard InChI is InChI=1S/C12H17NO3S/c1-3-8(7-17-2)13-12(16)9-5-4-6-10(14)11(9)15/h4-6,8,14-15H,3,7H2,1-2H3,(H,13,16). The van der Waals surface area contributed by atoms with E-state index in [-0.39, 0.29) is 29.0 Å². The monoisotopic (exact) mass is 255 g/mol. The molecule has 0 radical (unpaired) electrons. The molecule has 1 amide bonds. The fourth-order valence-corrected chi connectivity index (χ4v) is 2.16. The number of hydrogen-bond donors (Lipinski definition) is 3. The molecule has 4 nitrogen and oxygen atoms in total. The Hall–Kier alpha value is -1.36. The lowest BCUT2D eigenvalue weighted by Gasteiger charge is -2.16. The lowest BCUT2D eigenvalue weighted by Crippen LogP contribution is -2.36. The highest BCUT2D eigenvalue weighted by Gasteiger charge is 2.16. The number of carbonyl (C=O) groups is 1. The van der Waals surface area contributed by atoms with Crippen molar-refractivity contribution >= 4 is 17.7 Å². The fourth-order valence-electron chi connectivity index (χ4n) is 1.44. The fraction of sp³-hybridized carbons (Fsp3) is 0.417. The molecule has 1 aromatic carbocycles. The lowest BCUT2D eigenvalue weighted by atomic mass is 10.1. The summed E-state index contributed by atoms with van der Waals surface area (Å²) in [7, 11) is 0. The van der Waals surface area contributed by atoms with Crippen LogP contribution in [0.3, 0.4) is 0 Å². The minimum atomic E-state index is -0.371. The Labute approximate surface area is 105 Å². The molecule has 0 heterocycles. The molecule has 0 aliphatic heterocycles. The zero-order chi connectivity index (χ0) is 12.8. The van der Waals surface area contributed by atoms with Crippen molar-refractivity contribution in [2.75, 3.05) is 12.0 Å². The summed E-state index contributed by atoms with van der Waals surface area (Å²) in [5.41, 5.74) is 0.101. The van der Waals surface area contributed by atoms with Crippen molar-refractivity contribution in [3.8, 4) is 11.5 Å². The molecule has 1 unspecified atom stereocenters. The summed E-state index contributed by atoms with van der Waals surface area (Å²) in [6.45, 7) is 1.99. The van der Waals surface area contributed by atoms with Crippen molar-refractivity contribution in [3.63, 3.8) is 0 Å². The van der Waals surface area contributed by atoms with Crippen molar-refractivity contribution in [2.24, 2.45) is 0 Å². The Balaban J connectivity index is 2.79. The van der Waals surface area contributed by atoms with Crippen LogP contribution in [0.2, 0.25) is 0 Å². The molecule has 0 fully saturated rings. The molecular weight excluding hydrogens is 238 g/mol. The van der Waals surface area contributed by atoms with Crippen LogP contribution in [-0.4, -0.2) is 34.2 Å². The number of phenols is 2. The van der Waals surface area contributed by atoms with Gasteiger partial charge in [0.2, 0.25) is 0 Å². The molecule has 1 rings (SSSR count). The SMILES string of the molecule is CCC(CSC)NC(=O)c1cccc(O)c1O. The van der Waals surface area contributed by atoms with Crippen molar-refractivity contribution in [3.05, 3.63) is 23.8 Å². The van der Waals surface area contributed by atoms with Gasteiger partial charge in [-0.05, 0) is 24.8 Å². The number of thioether (sulfide) groups is 1. The molecule has 0 bridgehead atoms. The van der Waals surface area contributed by atoms with Gasteiger partial charge in [-0.15, -0.1) is 0 Å². The largest absolute Gasteiger partial charge is 0.504 e. The van der Waals surface area contributed by atoms with E-state index in [9.17, 15) is 15.0 Å². The van der Waals surface area contributed by atoms with Gasteiger partial charge in [0.1, 0.15) is 0 Å². The molecule has 0 aliphatic rings. The predicted octanol–water partition coefficient (Wildman–Crippen LogP) is 1.97. The van der Waals surface area contributed by atoms with Crippen LogP contribution in [0.1, 0.15) is 23.7 Å². The molecule has 0 aliphatic carbocycles. The van der Waals surface area contributed by atoms with Gasteiger partial charge in [-0.2, -0.15) is 11.8 Å². The van der Waals surface area contributed by atoms with Crippen molar-refractivity contribution in [1.82, 2.24) is 5.32 Å². The molecule has 0 aromatic heterocycles. The van der Waals surface area contributed by atoms with Gasteiger partial charge in [-0.3, -0.25) is 4.79 Å². The number of aromatic hydroxyl groups is 2. The van der Waals surface area contributed by atoms with E-state index in [4.69, 9.17) is 0 Å². The maximum absolute atomic E-state index is 11.9. The first kappa shape index (κ1) is 13.7. The molecule has 0 saturated heterocycles. The number of nitrogens with one attached hydrogen (secondary N) is 1. The lowest BCUT2D eigenvalue weighted by molar-refractivity contribution is 0.0936. The third-order valence-electron chi connectivity index (χ3n) is 2.46. The van der Waals surface area contributed by atoms with Gasteiger partial charge in [0.25, 0.3) is 5.91 Å². The molecule has 3 N–H and O–H groups in total. The van der Waals surface area contributed by atoms with E-state index >= 15 is 0 Å². The van der Waals surface area contributed by atoms with Gasteiger partial charge in [0.05, 0.1) is 5.56 Å². The summed E-state index contributed by atoms with van der Waals surface area (Å²) in [6.07, 6.45) is 2.80. The summed E-state index contributed by atoms with van der Waals surface area (Å²) in [5.74, 6) is -0.194. The van der Waals surface area contributed by atoms with Crippen LogP contribution in [0.4, 0.5) is 0 Å². The summed E-state index contributed by atoms with van der Waals surface area (Å²) in [5, 5.41) is 21.7. The van der Waals surface area contributed by atoms with Crippen molar-refractivity contribution in [1.29, 1.82) is 0 Å². The van der Waals surface area contributed by atoms with Gasteiger partial charge in [0.15, 0.2) is 11.5 Å². The Kier molecular flexibility index (Phi) is 5.15. The number of carbonyl (C=O) groups excluding carboxylic acids is 1. The zero-order valence-corrected chi connectivity index (χ0v) is 10.8.